The minimum atomic E-state index is -0.322. The van der Waals surface area contributed by atoms with Gasteiger partial charge in [-0.15, -0.1) is 0 Å². The van der Waals surface area contributed by atoms with Gasteiger partial charge in [-0.3, -0.25) is 4.90 Å². The second kappa shape index (κ2) is 7.70. The fourth-order valence-corrected chi connectivity index (χ4v) is 3.17. The van der Waals surface area contributed by atoms with E-state index in [4.69, 9.17) is 9.15 Å². The van der Waals surface area contributed by atoms with Gasteiger partial charge in [0.25, 0.3) is 0 Å². The Morgan fingerprint density at radius 2 is 1.92 bits per heavy atom. The lowest BCUT2D eigenvalue weighted by molar-refractivity contribution is 0.0779. The number of hydrogen-bond donors (Lipinski definition) is 0. The van der Waals surface area contributed by atoms with Crippen LogP contribution in [-0.4, -0.2) is 48.7 Å². The number of piperazine rings is 1. The van der Waals surface area contributed by atoms with Crippen molar-refractivity contribution in [3.05, 3.63) is 45.8 Å². The SMILES string of the molecule is CCOC(=O)N1CCN(Cc2cc(=O)oc3ccc(CC)cc23)CC1. The van der Waals surface area contributed by atoms with E-state index in [1.165, 1.54) is 5.56 Å². The third-order valence-corrected chi connectivity index (χ3v) is 4.59. The highest BCUT2D eigenvalue weighted by atomic mass is 16.6. The normalized spacial score (nSPS) is 15.5. The number of amides is 1. The molecule has 1 aliphatic rings. The van der Waals surface area contributed by atoms with Crippen molar-refractivity contribution in [2.45, 2.75) is 26.8 Å². The van der Waals surface area contributed by atoms with Crippen LogP contribution in [0.3, 0.4) is 0 Å². The Bertz CT molecular complexity index is 807. The molecule has 6 heteroatoms. The van der Waals surface area contributed by atoms with Crippen LogP contribution in [0.2, 0.25) is 0 Å². The molecule has 2 aromatic rings. The van der Waals surface area contributed by atoms with Gasteiger partial charge in [0.1, 0.15) is 5.58 Å². The van der Waals surface area contributed by atoms with E-state index in [0.29, 0.717) is 31.8 Å². The Balaban J connectivity index is 1.75. The Morgan fingerprint density at radius 3 is 2.60 bits per heavy atom. The predicted octanol–water partition coefficient (Wildman–Crippen LogP) is 2.63. The lowest BCUT2D eigenvalue weighted by Gasteiger charge is -2.34. The molecule has 134 valence electrons. The van der Waals surface area contributed by atoms with E-state index < -0.39 is 0 Å². The fourth-order valence-electron chi connectivity index (χ4n) is 3.17. The van der Waals surface area contributed by atoms with Crippen LogP contribution in [0.4, 0.5) is 4.79 Å². The molecule has 1 aliphatic heterocycles. The molecule has 1 aromatic heterocycles. The number of carbonyl (C=O) groups excluding carboxylic acids is 1. The van der Waals surface area contributed by atoms with Crippen LogP contribution < -0.4 is 5.63 Å². The number of aryl methyl sites for hydroxylation is 1. The average Bonchev–Trinajstić information content (AvgIpc) is 2.62. The van der Waals surface area contributed by atoms with Crippen LogP contribution >= 0.6 is 0 Å². The van der Waals surface area contributed by atoms with Crippen molar-refractivity contribution in [3.63, 3.8) is 0 Å². The van der Waals surface area contributed by atoms with Crippen LogP contribution in [0.25, 0.3) is 11.0 Å². The summed E-state index contributed by atoms with van der Waals surface area (Å²) in [5.74, 6) is 0. The van der Waals surface area contributed by atoms with E-state index in [9.17, 15) is 9.59 Å². The van der Waals surface area contributed by atoms with E-state index in [1.807, 2.05) is 19.1 Å². The molecule has 1 fully saturated rings. The van der Waals surface area contributed by atoms with Crippen molar-refractivity contribution in [1.82, 2.24) is 9.80 Å². The highest BCUT2D eigenvalue weighted by Crippen LogP contribution is 2.21. The summed E-state index contributed by atoms with van der Waals surface area (Å²) in [4.78, 5) is 27.6. The molecule has 2 heterocycles. The standard InChI is InChI=1S/C19H24N2O4/c1-3-14-5-6-17-16(11-14)15(12-18(22)25-17)13-20-7-9-21(10-8-20)19(23)24-4-2/h5-6,11-12H,3-4,7-10,13H2,1-2H3. The van der Waals surface area contributed by atoms with Crippen LogP contribution in [-0.2, 0) is 17.7 Å². The molecular weight excluding hydrogens is 320 g/mol. The number of hydrogen-bond acceptors (Lipinski definition) is 5. The summed E-state index contributed by atoms with van der Waals surface area (Å²) in [6.07, 6.45) is 0.688. The lowest BCUT2D eigenvalue weighted by atomic mass is 10.0. The zero-order valence-corrected chi connectivity index (χ0v) is 14.8. The zero-order valence-electron chi connectivity index (χ0n) is 14.8. The molecule has 0 radical (unpaired) electrons. The Labute approximate surface area is 147 Å². The van der Waals surface area contributed by atoms with Gasteiger partial charge in [0.15, 0.2) is 0 Å². The largest absolute Gasteiger partial charge is 0.450 e. The number of fused-ring (bicyclic) bond motifs is 1. The molecule has 0 saturated carbocycles. The summed E-state index contributed by atoms with van der Waals surface area (Å²) in [5, 5.41) is 0.992. The topological polar surface area (TPSA) is 63.0 Å². The summed E-state index contributed by atoms with van der Waals surface area (Å²) < 4.78 is 10.4. The van der Waals surface area contributed by atoms with Gasteiger partial charge < -0.3 is 14.1 Å². The maximum atomic E-state index is 11.9. The van der Waals surface area contributed by atoms with Crippen molar-refractivity contribution in [2.24, 2.45) is 0 Å². The van der Waals surface area contributed by atoms with Gasteiger partial charge >= 0.3 is 11.7 Å². The first-order valence-corrected chi connectivity index (χ1v) is 8.80. The summed E-state index contributed by atoms with van der Waals surface area (Å²) in [6.45, 7) is 7.77. The van der Waals surface area contributed by atoms with Gasteiger partial charge in [-0.2, -0.15) is 0 Å². The van der Waals surface area contributed by atoms with E-state index in [1.54, 1.807) is 11.0 Å². The van der Waals surface area contributed by atoms with Crippen molar-refractivity contribution in [3.8, 4) is 0 Å². The maximum Gasteiger partial charge on any atom is 0.409 e. The minimum absolute atomic E-state index is 0.249. The van der Waals surface area contributed by atoms with Crippen LogP contribution in [0.15, 0.2) is 33.5 Å². The molecule has 1 aromatic carbocycles. The lowest BCUT2D eigenvalue weighted by Crippen LogP contribution is -2.48. The third-order valence-electron chi connectivity index (χ3n) is 4.59. The average molecular weight is 344 g/mol. The molecule has 0 aliphatic carbocycles. The Kier molecular flexibility index (Phi) is 5.38. The van der Waals surface area contributed by atoms with E-state index in [-0.39, 0.29) is 11.7 Å². The van der Waals surface area contributed by atoms with E-state index in [2.05, 4.69) is 17.9 Å². The highest BCUT2D eigenvalue weighted by Gasteiger charge is 2.22. The Hall–Kier alpha value is -2.34. The predicted molar refractivity (Wildman–Crippen MR) is 95.7 cm³/mol. The molecule has 6 nitrogen and oxygen atoms in total. The van der Waals surface area contributed by atoms with Crippen LogP contribution in [0.5, 0.6) is 0 Å². The van der Waals surface area contributed by atoms with Crippen molar-refractivity contribution < 1.29 is 13.9 Å². The molecule has 3 rings (SSSR count). The molecule has 1 amide bonds. The molecule has 0 atom stereocenters. The van der Waals surface area contributed by atoms with E-state index in [0.717, 1.165) is 30.5 Å². The second-order valence-electron chi connectivity index (χ2n) is 6.24. The summed E-state index contributed by atoms with van der Waals surface area (Å²) in [5.41, 5.74) is 2.50. The Morgan fingerprint density at radius 1 is 1.16 bits per heavy atom. The monoisotopic (exact) mass is 344 g/mol. The first-order chi connectivity index (χ1) is 12.1. The van der Waals surface area contributed by atoms with Crippen molar-refractivity contribution >= 4 is 17.1 Å². The molecule has 0 N–H and O–H groups in total. The minimum Gasteiger partial charge on any atom is -0.450 e. The molecule has 0 bridgehead atoms. The summed E-state index contributed by atoms with van der Waals surface area (Å²) in [7, 11) is 0. The molecule has 0 unspecified atom stereocenters. The van der Waals surface area contributed by atoms with E-state index >= 15 is 0 Å². The molecule has 25 heavy (non-hydrogen) atoms. The van der Waals surface area contributed by atoms with Crippen LogP contribution in [0.1, 0.15) is 25.0 Å². The number of ether oxygens (including phenoxy) is 1. The molecular formula is C19H24N2O4. The third kappa shape index (κ3) is 4.02. The number of rotatable bonds is 4. The fraction of sp³-hybridized carbons (Fsp3) is 0.474. The molecule has 1 saturated heterocycles. The highest BCUT2D eigenvalue weighted by molar-refractivity contribution is 5.81. The van der Waals surface area contributed by atoms with Gasteiger partial charge in [0, 0.05) is 44.2 Å². The van der Waals surface area contributed by atoms with Gasteiger partial charge in [0.05, 0.1) is 6.61 Å². The number of carbonyl (C=O) groups is 1. The van der Waals surface area contributed by atoms with Gasteiger partial charge in [-0.05, 0) is 36.6 Å². The molecule has 0 spiro atoms. The first kappa shape index (κ1) is 17.5. The van der Waals surface area contributed by atoms with Gasteiger partial charge in [-0.25, -0.2) is 9.59 Å². The van der Waals surface area contributed by atoms with Crippen molar-refractivity contribution in [2.75, 3.05) is 32.8 Å². The second-order valence-corrected chi connectivity index (χ2v) is 6.24. The van der Waals surface area contributed by atoms with Crippen molar-refractivity contribution in [1.29, 1.82) is 0 Å². The maximum absolute atomic E-state index is 11.9. The number of benzene rings is 1. The smallest absolute Gasteiger partial charge is 0.409 e. The van der Waals surface area contributed by atoms with Gasteiger partial charge in [0.2, 0.25) is 0 Å². The zero-order chi connectivity index (χ0) is 17.8. The summed E-state index contributed by atoms with van der Waals surface area (Å²) in [6, 6.07) is 7.55. The van der Waals surface area contributed by atoms with Crippen LogP contribution in [0, 0.1) is 0 Å². The quantitative estimate of drug-likeness (QED) is 0.798. The summed E-state index contributed by atoms with van der Waals surface area (Å²) >= 11 is 0. The van der Waals surface area contributed by atoms with Gasteiger partial charge in [-0.1, -0.05) is 13.0 Å². The number of nitrogens with zero attached hydrogens (tertiary/aromatic N) is 2. The first-order valence-electron chi connectivity index (χ1n) is 8.80.